The zero-order valence-corrected chi connectivity index (χ0v) is 20.4. The summed E-state index contributed by atoms with van der Waals surface area (Å²) in [6, 6.07) is 5.40. The van der Waals surface area contributed by atoms with Crippen molar-refractivity contribution in [2.75, 3.05) is 18.1 Å². The maximum absolute atomic E-state index is 5.84. The van der Waals surface area contributed by atoms with Crippen molar-refractivity contribution < 1.29 is 9.66 Å². The Morgan fingerprint density at radius 1 is 1.19 bits per heavy atom. The molecule has 122 valence electrons. The second kappa shape index (κ2) is 13.8. The number of nitrogens with two attached hydrogens (primary N) is 2. The Labute approximate surface area is 166 Å². The average molecular weight is 668 g/mol. The molecule has 1 rings (SSSR count). The minimum atomic E-state index is -0.278. The fourth-order valence-electron chi connectivity index (χ4n) is 1.80. The number of rotatable bonds is 7. The SMILES string of the molecule is CCCCC(CC)COc1ccc(N)cc1N.[I][V]([I])[I]. The van der Waals surface area contributed by atoms with Gasteiger partial charge in [0.05, 0.1) is 12.3 Å². The Balaban J connectivity index is 0.000000885. The summed E-state index contributed by atoms with van der Waals surface area (Å²) in [6.07, 6.45) is 4.87. The summed E-state index contributed by atoms with van der Waals surface area (Å²) in [7, 11) is 0. The molecule has 0 fully saturated rings. The van der Waals surface area contributed by atoms with Crippen molar-refractivity contribution in [2.45, 2.75) is 39.5 Å². The van der Waals surface area contributed by atoms with E-state index in [-0.39, 0.29) is 4.92 Å². The van der Waals surface area contributed by atoms with Crippen LogP contribution in [0.5, 0.6) is 5.75 Å². The maximum atomic E-state index is 5.84. The molecule has 0 spiro atoms. The number of nitrogen functional groups attached to an aromatic ring is 2. The van der Waals surface area contributed by atoms with E-state index in [9.17, 15) is 0 Å². The molecular weight excluding hydrogens is 644 g/mol. The van der Waals surface area contributed by atoms with Crippen molar-refractivity contribution in [3.05, 3.63) is 18.2 Å². The van der Waals surface area contributed by atoms with Crippen LogP contribution in [0, 0.1) is 5.92 Å². The minimum absolute atomic E-state index is 0.278. The third-order valence-corrected chi connectivity index (χ3v) is 3.05. The third kappa shape index (κ3) is 12.5. The second-order valence-electron chi connectivity index (χ2n) is 4.72. The molecule has 21 heavy (non-hydrogen) atoms. The number of benzene rings is 1. The van der Waals surface area contributed by atoms with Crippen molar-refractivity contribution in [3.63, 3.8) is 0 Å². The Kier molecular flexibility index (Phi) is 14.7. The first-order chi connectivity index (χ1) is 9.90. The summed E-state index contributed by atoms with van der Waals surface area (Å²) < 4.78 is 5.76. The van der Waals surface area contributed by atoms with Gasteiger partial charge in [0, 0.05) is 5.69 Å². The van der Waals surface area contributed by atoms with E-state index in [0.29, 0.717) is 17.3 Å². The number of hydrogen-bond acceptors (Lipinski definition) is 3. The van der Waals surface area contributed by atoms with E-state index >= 15 is 0 Å². The molecule has 7 heteroatoms. The zero-order valence-electron chi connectivity index (χ0n) is 12.5. The molecule has 1 unspecified atom stereocenters. The Bertz CT molecular complexity index is 392. The molecule has 0 heterocycles. The van der Waals surface area contributed by atoms with Gasteiger partial charge in [0.2, 0.25) is 0 Å². The summed E-state index contributed by atoms with van der Waals surface area (Å²) >= 11 is 7.39. The van der Waals surface area contributed by atoms with E-state index in [1.54, 1.807) is 6.07 Å². The molecule has 0 aliphatic rings. The molecule has 0 saturated carbocycles. The predicted octanol–water partition coefficient (Wildman–Crippen LogP) is 6.10. The van der Waals surface area contributed by atoms with Crippen LogP contribution < -0.4 is 16.2 Å². The second-order valence-corrected chi connectivity index (χ2v) is 40.1. The van der Waals surface area contributed by atoms with Gasteiger partial charge in [-0.3, -0.25) is 0 Å². The van der Waals surface area contributed by atoms with Crippen molar-refractivity contribution in [2.24, 2.45) is 5.92 Å². The van der Waals surface area contributed by atoms with Crippen LogP contribution >= 0.6 is 59.9 Å². The topological polar surface area (TPSA) is 61.3 Å². The van der Waals surface area contributed by atoms with Gasteiger partial charge in [0.25, 0.3) is 0 Å². The van der Waals surface area contributed by atoms with E-state index in [2.05, 4.69) is 73.8 Å². The fraction of sp³-hybridized carbons (Fsp3) is 0.571. The Hall–Kier alpha value is 1.39. The van der Waals surface area contributed by atoms with Crippen molar-refractivity contribution in [1.29, 1.82) is 0 Å². The molecule has 3 nitrogen and oxygen atoms in total. The molecule has 0 aliphatic heterocycles. The molecule has 1 atom stereocenters. The van der Waals surface area contributed by atoms with Gasteiger partial charge in [-0.2, -0.15) is 0 Å². The van der Waals surface area contributed by atoms with Crippen LogP contribution in [0.4, 0.5) is 11.4 Å². The average Bonchev–Trinajstić information content (AvgIpc) is 2.40. The summed E-state index contributed by atoms with van der Waals surface area (Å²) in [5, 5.41) is 0. The van der Waals surface area contributed by atoms with Gasteiger partial charge in [0.15, 0.2) is 0 Å². The molecular formula is C14H24I3N2OV. The number of unbranched alkanes of at least 4 members (excludes halogenated alkanes) is 1. The van der Waals surface area contributed by atoms with Crippen LogP contribution in [0.25, 0.3) is 0 Å². The number of halogens is 3. The summed E-state index contributed by atoms with van der Waals surface area (Å²) in [5.41, 5.74) is 12.8. The number of anilines is 2. The molecule has 1 aromatic carbocycles. The molecule has 1 aromatic rings. The third-order valence-electron chi connectivity index (χ3n) is 3.05. The van der Waals surface area contributed by atoms with Gasteiger partial charge in [-0.1, -0.05) is 33.1 Å². The van der Waals surface area contributed by atoms with Gasteiger partial charge in [-0.15, -0.1) is 0 Å². The Morgan fingerprint density at radius 2 is 1.81 bits per heavy atom. The molecule has 0 saturated heterocycles. The molecule has 0 aliphatic carbocycles. The first-order valence-corrected chi connectivity index (χ1v) is 20.5. The van der Waals surface area contributed by atoms with Crippen LogP contribution in [0.1, 0.15) is 39.5 Å². The van der Waals surface area contributed by atoms with Crippen molar-refractivity contribution >= 4 is 71.3 Å². The standard InChI is InChI=1S/C14H24N2O.3HI.V/c1-3-5-6-11(4-2)10-17-14-8-7-12(15)9-13(14)16;;;;/h7-9,11H,3-6,10,15-16H2,1-2H3;3*1H;/q;;;;+3/p-3. The number of hydrogen-bond donors (Lipinski definition) is 2. The van der Waals surface area contributed by atoms with E-state index in [4.69, 9.17) is 16.2 Å². The van der Waals surface area contributed by atoms with Crippen LogP contribution in [0.3, 0.4) is 0 Å². The van der Waals surface area contributed by atoms with E-state index in [0.717, 1.165) is 18.8 Å². The zero-order chi connectivity index (χ0) is 16.3. The van der Waals surface area contributed by atoms with Gasteiger partial charge in [0.1, 0.15) is 5.75 Å². The quantitative estimate of drug-likeness (QED) is 0.273. The normalized spacial score (nSPS) is 11.7. The van der Waals surface area contributed by atoms with Crippen LogP contribution in [-0.4, -0.2) is 6.61 Å². The summed E-state index contributed by atoms with van der Waals surface area (Å²) in [4.78, 5) is -0.278. The van der Waals surface area contributed by atoms with E-state index in [1.807, 2.05) is 12.1 Å². The molecule has 0 aromatic heterocycles. The van der Waals surface area contributed by atoms with Crippen LogP contribution in [0.2, 0.25) is 0 Å². The van der Waals surface area contributed by atoms with Crippen molar-refractivity contribution in [3.8, 4) is 5.75 Å². The predicted molar refractivity (Wildman–Crippen MR) is 116 cm³/mol. The van der Waals surface area contributed by atoms with Gasteiger partial charge in [-0.25, -0.2) is 0 Å². The summed E-state index contributed by atoms with van der Waals surface area (Å²) in [5.74, 6) is 1.36. The first-order valence-electron chi connectivity index (χ1n) is 6.95. The number of ether oxygens (including phenoxy) is 1. The van der Waals surface area contributed by atoms with Gasteiger partial charge in [-0.05, 0) is 30.5 Å². The molecule has 0 amide bonds. The van der Waals surface area contributed by atoms with Gasteiger partial charge >= 0.3 is 64.9 Å². The molecule has 0 bridgehead atoms. The molecule has 0 radical (unpaired) electrons. The van der Waals surface area contributed by atoms with Crippen molar-refractivity contribution in [1.82, 2.24) is 0 Å². The van der Waals surface area contributed by atoms with Crippen LogP contribution in [-0.2, 0) is 4.92 Å². The summed E-state index contributed by atoms with van der Waals surface area (Å²) in [6.45, 7) is 5.16. The van der Waals surface area contributed by atoms with Crippen LogP contribution in [0.15, 0.2) is 18.2 Å². The first kappa shape index (κ1) is 22.4. The molecule has 4 N–H and O–H groups in total. The van der Waals surface area contributed by atoms with E-state index in [1.165, 1.54) is 19.3 Å². The van der Waals surface area contributed by atoms with Gasteiger partial charge < -0.3 is 16.2 Å². The Morgan fingerprint density at radius 3 is 2.29 bits per heavy atom. The van der Waals surface area contributed by atoms with E-state index < -0.39 is 0 Å². The monoisotopic (exact) mass is 668 g/mol. The fourth-order valence-corrected chi connectivity index (χ4v) is 1.80.